The standard InChI is InChI=1S/C14H21BrN4O/c1-3-19-12(13(15)9(2)17-19)8-18-6-4-5-10-11(18)7-16-14(10)20/h10-11H,3-8H2,1-2H3,(H,16,20). The highest BCUT2D eigenvalue weighted by Crippen LogP contribution is 2.30. The first kappa shape index (κ1) is 14.1. The highest BCUT2D eigenvalue weighted by molar-refractivity contribution is 9.10. The van der Waals surface area contributed by atoms with E-state index in [0.29, 0.717) is 6.04 Å². The molecule has 2 unspecified atom stereocenters. The number of piperidine rings is 1. The van der Waals surface area contributed by atoms with Crippen LogP contribution in [0.5, 0.6) is 0 Å². The summed E-state index contributed by atoms with van der Waals surface area (Å²) in [5, 5.41) is 7.57. The maximum absolute atomic E-state index is 11.8. The van der Waals surface area contributed by atoms with Gasteiger partial charge in [-0.05, 0) is 49.2 Å². The third-order valence-corrected chi connectivity index (χ3v) is 5.55. The topological polar surface area (TPSA) is 50.2 Å². The van der Waals surface area contributed by atoms with Crippen molar-refractivity contribution in [2.75, 3.05) is 13.1 Å². The van der Waals surface area contributed by atoms with E-state index in [2.05, 4.69) is 42.9 Å². The number of aryl methyl sites for hydroxylation is 2. The van der Waals surface area contributed by atoms with Gasteiger partial charge in [0.05, 0.1) is 21.8 Å². The Hall–Kier alpha value is -0.880. The Kier molecular flexibility index (Phi) is 3.86. The molecule has 5 nitrogen and oxygen atoms in total. The number of carbonyl (C=O) groups excluding carboxylic acids is 1. The van der Waals surface area contributed by atoms with E-state index in [4.69, 9.17) is 0 Å². The fraction of sp³-hybridized carbons (Fsp3) is 0.714. The minimum atomic E-state index is 0.182. The molecule has 2 fully saturated rings. The molecule has 0 bridgehead atoms. The lowest BCUT2D eigenvalue weighted by Crippen LogP contribution is -2.45. The summed E-state index contributed by atoms with van der Waals surface area (Å²) in [5.41, 5.74) is 2.26. The van der Waals surface area contributed by atoms with Crippen LogP contribution in [0.3, 0.4) is 0 Å². The number of carbonyl (C=O) groups is 1. The van der Waals surface area contributed by atoms with Gasteiger partial charge in [0.25, 0.3) is 0 Å². The van der Waals surface area contributed by atoms with Crippen molar-refractivity contribution in [3.63, 3.8) is 0 Å². The van der Waals surface area contributed by atoms with Crippen LogP contribution in [0.4, 0.5) is 0 Å². The lowest BCUT2D eigenvalue weighted by Gasteiger charge is -2.35. The second-order valence-corrected chi connectivity index (χ2v) is 6.49. The van der Waals surface area contributed by atoms with Gasteiger partial charge in [-0.25, -0.2) is 0 Å². The number of nitrogens with one attached hydrogen (secondary N) is 1. The first-order valence-corrected chi connectivity index (χ1v) is 8.14. The Labute approximate surface area is 127 Å². The minimum Gasteiger partial charge on any atom is -0.354 e. The van der Waals surface area contributed by atoms with Crippen molar-refractivity contribution in [1.82, 2.24) is 20.0 Å². The van der Waals surface area contributed by atoms with Gasteiger partial charge < -0.3 is 5.32 Å². The summed E-state index contributed by atoms with van der Waals surface area (Å²) in [6.07, 6.45) is 2.13. The molecular formula is C14H21BrN4O. The maximum atomic E-state index is 11.8. The van der Waals surface area contributed by atoms with Crippen LogP contribution in [0.2, 0.25) is 0 Å². The van der Waals surface area contributed by atoms with Crippen LogP contribution in [0, 0.1) is 12.8 Å². The smallest absolute Gasteiger partial charge is 0.224 e. The third kappa shape index (κ3) is 2.29. The van der Waals surface area contributed by atoms with E-state index in [1.807, 2.05) is 6.92 Å². The average Bonchev–Trinajstić information content (AvgIpc) is 2.95. The molecule has 2 aliphatic rings. The molecule has 0 saturated carbocycles. The molecule has 1 aromatic rings. The Morgan fingerprint density at radius 3 is 3.05 bits per heavy atom. The first-order chi connectivity index (χ1) is 9.61. The van der Waals surface area contributed by atoms with Crippen molar-refractivity contribution in [3.05, 3.63) is 15.9 Å². The van der Waals surface area contributed by atoms with Crippen molar-refractivity contribution >= 4 is 21.8 Å². The number of likely N-dealkylation sites (tertiary alicyclic amines) is 1. The Bertz CT molecular complexity index is 527. The van der Waals surface area contributed by atoms with Crippen molar-refractivity contribution in [1.29, 1.82) is 0 Å². The van der Waals surface area contributed by atoms with Crippen LogP contribution in [0.1, 0.15) is 31.2 Å². The molecule has 1 N–H and O–H groups in total. The Morgan fingerprint density at radius 2 is 2.30 bits per heavy atom. The van der Waals surface area contributed by atoms with Crippen molar-refractivity contribution in [2.24, 2.45) is 5.92 Å². The van der Waals surface area contributed by atoms with E-state index in [9.17, 15) is 4.79 Å². The van der Waals surface area contributed by atoms with Gasteiger partial charge in [-0.2, -0.15) is 5.10 Å². The zero-order valence-corrected chi connectivity index (χ0v) is 13.6. The van der Waals surface area contributed by atoms with Crippen LogP contribution in [-0.4, -0.2) is 39.7 Å². The zero-order chi connectivity index (χ0) is 14.3. The maximum Gasteiger partial charge on any atom is 0.224 e. The summed E-state index contributed by atoms with van der Waals surface area (Å²) in [5.74, 6) is 0.417. The quantitative estimate of drug-likeness (QED) is 0.910. The van der Waals surface area contributed by atoms with Gasteiger partial charge in [0.15, 0.2) is 0 Å². The number of rotatable bonds is 3. The molecule has 1 amide bonds. The van der Waals surface area contributed by atoms with E-state index in [1.54, 1.807) is 0 Å². The molecule has 0 aromatic carbocycles. The Morgan fingerprint density at radius 1 is 1.50 bits per heavy atom. The van der Waals surface area contributed by atoms with Crippen LogP contribution < -0.4 is 5.32 Å². The average molecular weight is 341 g/mol. The molecule has 20 heavy (non-hydrogen) atoms. The summed E-state index contributed by atoms with van der Waals surface area (Å²) < 4.78 is 3.17. The normalized spacial score (nSPS) is 26.6. The number of halogens is 1. The molecular weight excluding hydrogens is 320 g/mol. The minimum absolute atomic E-state index is 0.182. The zero-order valence-electron chi connectivity index (χ0n) is 12.0. The summed E-state index contributed by atoms with van der Waals surface area (Å²) in [6, 6.07) is 0.351. The SMILES string of the molecule is CCn1nc(C)c(Br)c1CN1CCCC2C(=O)NCC21. The van der Waals surface area contributed by atoms with E-state index < -0.39 is 0 Å². The van der Waals surface area contributed by atoms with E-state index in [1.165, 1.54) is 5.69 Å². The van der Waals surface area contributed by atoms with Crippen molar-refractivity contribution in [2.45, 2.75) is 45.8 Å². The number of hydrogen-bond acceptors (Lipinski definition) is 3. The predicted molar refractivity (Wildman–Crippen MR) is 80.3 cm³/mol. The van der Waals surface area contributed by atoms with Crippen molar-refractivity contribution in [3.8, 4) is 0 Å². The monoisotopic (exact) mass is 340 g/mol. The molecule has 0 spiro atoms. The number of amides is 1. The molecule has 110 valence electrons. The van der Waals surface area contributed by atoms with E-state index in [-0.39, 0.29) is 11.8 Å². The largest absolute Gasteiger partial charge is 0.354 e. The predicted octanol–water partition coefficient (Wildman–Crippen LogP) is 1.68. The fourth-order valence-corrected chi connectivity index (χ4v) is 3.86. The van der Waals surface area contributed by atoms with Crippen LogP contribution in [0.25, 0.3) is 0 Å². The van der Waals surface area contributed by atoms with Crippen LogP contribution in [0.15, 0.2) is 4.47 Å². The summed E-state index contributed by atoms with van der Waals surface area (Å²) >= 11 is 3.66. The van der Waals surface area contributed by atoms with Gasteiger partial charge in [0.2, 0.25) is 5.91 Å². The van der Waals surface area contributed by atoms with Gasteiger partial charge in [0.1, 0.15) is 0 Å². The van der Waals surface area contributed by atoms with Crippen LogP contribution >= 0.6 is 15.9 Å². The van der Waals surface area contributed by atoms with Crippen molar-refractivity contribution < 1.29 is 4.79 Å². The second kappa shape index (κ2) is 5.48. The molecule has 1 aromatic heterocycles. The van der Waals surface area contributed by atoms with Gasteiger partial charge in [-0.15, -0.1) is 0 Å². The molecule has 0 radical (unpaired) electrons. The van der Waals surface area contributed by atoms with Gasteiger partial charge >= 0.3 is 0 Å². The van der Waals surface area contributed by atoms with Gasteiger partial charge in [0, 0.05) is 25.7 Å². The third-order valence-electron chi connectivity index (χ3n) is 4.52. The highest BCUT2D eigenvalue weighted by atomic mass is 79.9. The van der Waals surface area contributed by atoms with Gasteiger partial charge in [-0.3, -0.25) is 14.4 Å². The lowest BCUT2D eigenvalue weighted by molar-refractivity contribution is -0.124. The number of fused-ring (bicyclic) bond motifs is 1. The number of nitrogens with zero attached hydrogens (tertiary/aromatic N) is 3. The van der Waals surface area contributed by atoms with Crippen LogP contribution in [-0.2, 0) is 17.9 Å². The molecule has 2 atom stereocenters. The summed E-state index contributed by atoms with van der Waals surface area (Å²) in [4.78, 5) is 14.3. The number of aromatic nitrogens is 2. The lowest BCUT2D eigenvalue weighted by atomic mass is 9.91. The molecule has 2 saturated heterocycles. The molecule has 3 rings (SSSR count). The summed E-state index contributed by atoms with van der Waals surface area (Å²) in [6.45, 7) is 7.74. The molecule has 2 aliphatic heterocycles. The first-order valence-electron chi connectivity index (χ1n) is 7.35. The highest BCUT2D eigenvalue weighted by Gasteiger charge is 2.40. The second-order valence-electron chi connectivity index (χ2n) is 5.69. The Balaban J connectivity index is 1.82. The molecule has 3 heterocycles. The molecule has 6 heteroatoms. The van der Waals surface area contributed by atoms with Gasteiger partial charge in [-0.1, -0.05) is 0 Å². The van der Waals surface area contributed by atoms with E-state index in [0.717, 1.165) is 49.2 Å². The number of hydrogen-bond donors (Lipinski definition) is 1. The summed E-state index contributed by atoms with van der Waals surface area (Å²) in [7, 11) is 0. The fourth-order valence-electron chi connectivity index (χ4n) is 3.45. The molecule has 0 aliphatic carbocycles. The van der Waals surface area contributed by atoms with E-state index >= 15 is 0 Å².